The number of nitrogens with zero attached hydrogens (tertiary/aromatic N) is 3. The lowest BCUT2D eigenvalue weighted by Crippen LogP contribution is -2.55. The van der Waals surface area contributed by atoms with Crippen LogP contribution in [0.25, 0.3) is 0 Å². The van der Waals surface area contributed by atoms with Crippen molar-refractivity contribution in [2.45, 2.75) is 24.8 Å². The number of rotatable bonds is 3. The van der Waals surface area contributed by atoms with E-state index in [0.29, 0.717) is 36.0 Å². The normalized spacial score (nSPS) is 18.1. The summed E-state index contributed by atoms with van der Waals surface area (Å²) in [5, 5.41) is 0. The van der Waals surface area contributed by atoms with E-state index < -0.39 is 15.8 Å². The van der Waals surface area contributed by atoms with Crippen molar-refractivity contribution in [3.05, 3.63) is 77.6 Å². The Morgan fingerprint density at radius 1 is 1.03 bits per heavy atom. The molecule has 0 saturated carbocycles. The summed E-state index contributed by atoms with van der Waals surface area (Å²) in [6.07, 6.45) is 0. The van der Waals surface area contributed by atoms with Crippen LogP contribution in [0.5, 0.6) is 17.2 Å². The van der Waals surface area contributed by atoms with Gasteiger partial charge in [-0.2, -0.15) is 4.31 Å². The highest BCUT2D eigenvalue weighted by molar-refractivity contribution is 7.89. The lowest BCUT2D eigenvalue weighted by Gasteiger charge is -2.40. The number of hydrogen-bond donors (Lipinski definition) is 0. The van der Waals surface area contributed by atoms with Crippen LogP contribution in [0, 0.1) is 12.7 Å². The Morgan fingerprint density at radius 3 is 2.51 bits per heavy atom. The monoisotopic (exact) mass is 495 g/mol. The van der Waals surface area contributed by atoms with Crippen molar-refractivity contribution in [2.75, 3.05) is 26.7 Å². The van der Waals surface area contributed by atoms with Crippen molar-refractivity contribution in [1.82, 2.24) is 9.21 Å². The molecule has 2 aliphatic rings. The average Bonchev–Trinajstić information content (AvgIpc) is 2.99. The number of aliphatic imine (C=N–C) groups is 1. The van der Waals surface area contributed by atoms with Crippen LogP contribution in [0.15, 0.2) is 70.6 Å². The minimum absolute atomic E-state index is 0.0844. The van der Waals surface area contributed by atoms with Crippen molar-refractivity contribution in [3.8, 4) is 17.2 Å². The first kappa shape index (κ1) is 23.3. The molecule has 0 radical (unpaired) electrons. The summed E-state index contributed by atoms with van der Waals surface area (Å²) >= 11 is 0. The summed E-state index contributed by atoms with van der Waals surface area (Å²) in [5.74, 6) is 2.20. The largest absolute Gasteiger partial charge is 0.497 e. The zero-order valence-corrected chi connectivity index (χ0v) is 20.5. The minimum atomic E-state index is -3.75. The summed E-state index contributed by atoms with van der Waals surface area (Å²) in [6, 6.07) is 16.1. The molecular weight excluding hydrogens is 469 g/mol. The van der Waals surface area contributed by atoms with Gasteiger partial charge in [0.1, 0.15) is 28.8 Å². The van der Waals surface area contributed by atoms with Gasteiger partial charge in [-0.1, -0.05) is 6.07 Å². The molecule has 0 aromatic heterocycles. The molecule has 0 N–H and O–H groups in total. The van der Waals surface area contributed by atoms with Crippen molar-refractivity contribution < 1.29 is 22.3 Å². The number of sulfonamides is 1. The molecular formula is C26H26FN3O4S. The zero-order chi connectivity index (χ0) is 24.7. The molecule has 9 heteroatoms. The second-order valence-electron chi connectivity index (χ2n) is 8.74. The topological polar surface area (TPSA) is 71.4 Å². The Labute approximate surface area is 204 Å². The first-order valence-corrected chi connectivity index (χ1v) is 12.8. The third kappa shape index (κ3) is 4.37. The molecule has 0 unspecified atom stereocenters. The molecule has 3 aromatic carbocycles. The number of halogens is 1. The number of ether oxygens (including phenoxy) is 2. The van der Waals surface area contributed by atoms with E-state index in [4.69, 9.17) is 14.5 Å². The van der Waals surface area contributed by atoms with Crippen molar-refractivity contribution in [3.63, 3.8) is 0 Å². The van der Waals surface area contributed by atoms with Crippen LogP contribution < -0.4 is 9.47 Å². The summed E-state index contributed by atoms with van der Waals surface area (Å²) in [6.45, 7) is 5.01. The van der Waals surface area contributed by atoms with Gasteiger partial charge < -0.3 is 14.4 Å². The Kier molecular flexibility index (Phi) is 5.98. The maximum atomic E-state index is 13.3. The molecule has 1 atom stereocenters. The summed E-state index contributed by atoms with van der Waals surface area (Å²) in [4.78, 5) is 7.13. The molecule has 35 heavy (non-hydrogen) atoms. The molecule has 2 aliphatic heterocycles. The molecule has 0 spiro atoms. The fourth-order valence-corrected chi connectivity index (χ4v) is 6.07. The SMILES string of the molecule is COc1ccc2c(c1)Oc1cc(C)ccc1N=C2N1CCN(S(=O)(=O)c2ccc(F)cc2)[C@H](C)C1. The number of amidine groups is 1. The van der Waals surface area contributed by atoms with Gasteiger partial charge in [0.15, 0.2) is 5.75 Å². The molecule has 2 heterocycles. The Hall–Kier alpha value is -3.43. The standard InChI is InChI=1S/C26H26FN3O4S/c1-17-4-11-23-25(14-17)34-24-15-20(33-3)7-10-22(24)26(28-23)29-12-13-30(18(2)16-29)35(31,32)21-8-5-19(27)6-9-21/h4-11,14-15,18H,12-13,16H2,1-3H3/t18-/m1/s1. The van der Waals surface area contributed by atoms with Crippen LogP contribution in [0.1, 0.15) is 18.1 Å². The summed E-state index contributed by atoms with van der Waals surface area (Å²) < 4.78 is 52.9. The van der Waals surface area contributed by atoms with E-state index >= 15 is 0 Å². The molecule has 1 saturated heterocycles. The first-order valence-electron chi connectivity index (χ1n) is 11.3. The highest BCUT2D eigenvalue weighted by atomic mass is 32.2. The van der Waals surface area contributed by atoms with Gasteiger partial charge in [0.25, 0.3) is 0 Å². The van der Waals surface area contributed by atoms with Crippen LogP contribution in [0.2, 0.25) is 0 Å². The zero-order valence-electron chi connectivity index (χ0n) is 19.7. The van der Waals surface area contributed by atoms with Gasteiger partial charge in [-0.05, 0) is 67.9 Å². The Morgan fingerprint density at radius 2 is 1.80 bits per heavy atom. The van der Waals surface area contributed by atoms with Gasteiger partial charge in [-0.15, -0.1) is 0 Å². The fraction of sp³-hybridized carbons (Fsp3) is 0.269. The smallest absolute Gasteiger partial charge is 0.243 e. The maximum Gasteiger partial charge on any atom is 0.243 e. The number of methoxy groups -OCH3 is 1. The Balaban J connectivity index is 1.49. The average molecular weight is 496 g/mol. The van der Waals surface area contributed by atoms with Crippen LogP contribution in [0.3, 0.4) is 0 Å². The van der Waals surface area contributed by atoms with E-state index in [-0.39, 0.29) is 17.5 Å². The molecule has 5 rings (SSSR count). The van der Waals surface area contributed by atoms with Gasteiger partial charge in [0.05, 0.1) is 17.6 Å². The van der Waals surface area contributed by atoms with Gasteiger partial charge in [0, 0.05) is 31.7 Å². The fourth-order valence-electron chi connectivity index (χ4n) is 4.46. The van der Waals surface area contributed by atoms with Crippen LogP contribution in [0.4, 0.5) is 10.1 Å². The third-order valence-corrected chi connectivity index (χ3v) is 8.31. The second kappa shape index (κ2) is 8.98. The predicted octanol–water partition coefficient (Wildman–Crippen LogP) is 4.72. The number of piperazine rings is 1. The maximum absolute atomic E-state index is 13.3. The van der Waals surface area contributed by atoms with Crippen molar-refractivity contribution in [2.24, 2.45) is 4.99 Å². The molecule has 0 amide bonds. The number of aryl methyl sites for hydroxylation is 1. The van der Waals surface area contributed by atoms with E-state index in [1.165, 1.54) is 28.6 Å². The predicted molar refractivity (Wildman–Crippen MR) is 132 cm³/mol. The first-order chi connectivity index (χ1) is 16.8. The highest BCUT2D eigenvalue weighted by Gasteiger charge is 2.36. The van der Waals surface area contributed by atoms with Gasteiger partial charge in [0.2, 0.25) is 10.0 Å². The lowest BCUT2D eigenvalue weighted by atomic mass is 10.1. The van der Waals surface area contributed by atoms with Crippen LogP contribution >= 0.6 is 0 Å². The molecule has 182 valence electrons. The van der Waals surface area contributed by atoms with Gasteiger partial charge in [-0.3, -0.25) is 0 Å². The van der Waals surface area contributed by atoms with E-state index in [1.54, 1.807) is 7.11 Å². The molecule has 3 aromatic rings. The molecule has 1 fully saturated rings. The van der Waals surface area contributed by atoms with E-state index in [0.717, 1.165) is 17.0 Å². The highest BCUT2D eigenvalue weighted by Crippen LogP contribution is 2.40. The van der Waals surface area contributed by atoms with Crippen molar-refractivity contribution >= 4 is 21.5 Å². The van der Waals surface area contributed by atoms with Crippen molar-refractivity contribution in [1.29, 1.82) is 0 Å². The minimum Gasteiger partial charge on any atom is -0.497 e. The van der Waals surface area contributed by atoms with E-state index in [1.807, 2.05) is 50.2 Å². The number of hydrogen-bond acceptors (Lipinski definition) is 6. The molecule has 7 nitrogen and oxygen atoms in total. The summed E-state index contributed by atoms with van der Waals surface area (Å²) in [5.41, 5.74) is 2.57. The lowest BCUT2D eigenvalue weighted by molar-refractivity contribution is 0.205. The third-order valence-electron chi connectivity index (χ3n) is 6.28. The van der Waals surface area contributed by atoms with Gasteiger partial charge in [-0.25, -0.2) is 17.8 Å². The number of fused-ring (bicyclic) bond motifs is 2. The summed E-state index contributed by atoms with van der Waals surface area (Å²) in [7, 11) is -2.15. The Bertz CT molecular complexity index is 1410. The number of benzene rings is 3. The quantitative estimate of drug-likeness (QED) is 0.526. The second-order valence-corrected chi connectivity index (χ2v) is 10.6. The molecule has 0 aliphatic carbocycles. The van der Waals surface area contributed by atoms with Crippen LogP contribution in [-0.4, -0.2) is 56.2 Å². The molecule has 0 bridgehead atoms. The van der Waals surface area contributed by atoms with Crippen LogP contribution in [-0.2, 0) is 10.0 Å². The van der Waals surface area contributed by atoms with Gasteiger partial charge >= 0.3 is 0 Å². The van der Waals surface area contributed by atoms with E-state index in [2.05, 4.69) is 4.90 Å². The van der Waals surface area contributed by atoms with E-state index in [9.17, 15) is 12.8 Å².